The molecule has 2 heterocycles. The highest BCUT2D eigenvalue weighted by Crippen LogP contribution is 2.34. The van der Waals surface area contributed by atoms with Crippen LogP contribution in [0.4, 0.5) is 5.88 Å². The lowest BCUT2D eigenvalue weighted by Crippen LogP contribution is -2.36. The fourth-order valence-electron chi connectivity index (χ4n) is 3.38. The fraction of sp³-hybridized carbons (Fsp3) is 0.192. The van der Waals surface area contributed by atoms with Crippen molar-refractivity contribution in [2.75, 3.05) is 24.8 Å². The number of rotatable bonds is 9. The number of pyridine rings is 1. The number of nitriles is 1. The Morgan fingerprint density at radius 1 is 1.17 bits per heavy atom. The lowest BCUT2D eigenvalue weighted by Gasteiger charge is -2.12. The van der Waals surface area contributed by atoms with Crippen molar-refractivity contribution in [3.8, 4) is 28.5 Å². The lowest BCUT2D eigenvalue weighted by molar-refractivity contribution is -0.763. The van der Waals surface area contributed by atoms with Crippen LogP contribution in [0, 0.1) is 18.3 Å². The summed E-state index contributed by atoms with van der Waals surface area (Å²) in [6.07, 6.45) is 1.59. The van der Waals surface area contributed by atoms with Crippen LogP contribution in [0.1, 0.15) is 11.1 Å². The van der Waals surface area contributed by atoms with E-state index in [4.69, 9.17) is 14.2 Å². The van der Waals surface area contributed by atoms with Crippen molar-refractivity contribution in [2.24, 2.45) is 0 Å². The van der Waals surface area contributed by atoms with Gasteiger partial charge in [-0.15, -0.1) is 0 Å². The Labute approximate surface area is 207 Å². The molecular formula is C26H24N5O3S+. The van der Waals surface area contributed by atoms with Gasteiger partial charge in [-0.05, 0) is 23.2 Å². The molecular weight excluding hydrogens is 462 g/mol. The molecule has 0 unspecified atom stereocenters. The molecule has 4 aromatic rings. The van der Waals surface area contributed by atoms with E-state index in [0.29, 0.717) is 23.7 Å². The normalized spacial score (nSPS) is 10.7. The number of aryl methyl sites for hydroxylation is 1. The maximum atomic E-state index is 12.6. The molecule has 1 N–H and O–H groups in total. The number of hydrogen-bond acceptors (Lipinski definition) is 7. The minimum atomic E-state index is -0.294. The summed E-state index contributed by atoms with van der Waals surface area (Å²) in [5.41, 5.74) is 4.92. The van der Waals surface area contributed by atoms with Crippen LogP contribution in [-0.4, -0.2) is 35.6 Å². The summed E-state index contributed by atoms with van der Waals surface area (Å²) in [6.45, 7) is 3.00. The van der Waals surface area contributed by atoms with Crippen molar-refractivity contribution in [2.45, 2.75) is 18.5 Å². The molecule has 2 aromatic carbocycles. The van der Waals surface area contributed by atoms with Gasteiger partial charge in [0.1, 0.15) is 17.7 Å². The van der Waals surface area contributed by atoms with E-state index in [1.54, 1.807) is 18.0 Å². The molecule has 1 amide bonds. The number of carbonyl (C=O) groups is 1. The van der Waals surface area contributed by atoms with Gasteiger partial charge in [-0.1, -0.05) is 71.9 Å². The summed E-state index contributed by atoms with van der Waals surface area (Å²) in [5.74, 6) is -0.0113. The minimum absolute atomic E-state index is 0.0477. The molecule has 176 valence electrons. The second-order valence-electron chi connectivity index (χ2n) is 7.74. The van der Waals surface area contributed by atoms with E-state index in [1.807, 2.05) is 67.6 Å². The molecule has 0 atom stereocenters. The SMILES string of the molecule is COCC[n+]1cc(NC(=O)CSc2nc(-c3ccccc3)cc(-c3ccc(C)cc3)c2C#N)on1. The van der Waals surface area contributed by atoms with Gasteiger partial charge in [0.05, 0.1) is 17.0 Å². The van der Waals surface area contributed by atoms with E-state index in [9.17, 15) is 10.1 Å². The van der Waals surface area contributed by atoms with Crippen LogP contribution >= 0.6 is 11.8 Å². The number of hydrogen-bond donors (Lipinski definition) is 1. The molecule has 0 aliphatic heterocycles. The first-order chi connectivity index (χ1) is 17.1. The van der Waals surface area contributed by atoms with Crippen LogP contribution in [0.15, 0.2) is 76.4 Å². The summed E-state index contributed by atoms with van der Waals surface area (Å²) in [7, 11) is 1.60. The van der Waals surface area contributed by atoms with Gasteiger partial charge in [-0.3, -0.25) is 14.6 Å². The molecule has 0 aliphatic carbocycles. The molecule has 2 aromatic heterocycles. The third-order valence-electron chi connectivity index (χ3n) is 5.17. The van der Waals surface area contributed by atoms with Crippen LogP contribution in [0.25, 0.3) is 22.4 Å². The summed E-state index contributed by atoms with van der Waals surface area (Å²) < 4.78 is 11.7. The summed E-state index contributed by atoms with van der Waals surface area (Å²) in [6, 6.07) is 22.0. The molecule has 4 rings (SSSR count). The lowest BCUT2D eigenvalue weighted by atomic mass is 9.98. The molecule has 8 nitrogen and oxygen atoms in total. The predicted octanol–water partition coefficient (Wildman–Crippen LogP) is 4.25. The van der Waals surface area contributed by atoms with Crippen molar-refractivity contribution >= 4 is 23.6 Å². The highest BCUT2D eigenvalue weighted by Gasteiger charge is 2.18. The number of methoxy groups -OCH3 is 1. The molecule has 0 bridgehead atoms. The van der Waals surface area contributed by atoms with Gasteiger partial charge in [0.2, 0.25) is 17.7 Å². The van der Waals surface area contributed by atoms with E-state index in [1.165, 1.54) is 11.8 Å². The monoisotopic (exact) mass is 486 g/mol. The Bertz CT molecular complexity index is 1350. The topological polar surface area (TPSA) is 105 Å². The summed E-state index contributed by atoms with van der Waals surface area (Å²) in [5, 5.41) is 17.0. The first-order valence-electron chi connectivity index (χ1n) is 10.9. The zero-order valence-corrected chi connectivity index (χ0v) is 20.2. The quantitative estimate of drug-likeness (QED) is 0.279. The number of amides is 1. The van der Waals surface area contributed by atoms with Gasteiger partial charge in [0.25, 0.3) is 6.20 Å². The number of nitrogens with zero attached hydrogens (tertiary/aromatic N) is 4. The number of nitrogens with one attached hydrogen (secondary N) is 1. The molecule has 0 spiro atoms. The summed E-state index contributed by atoms with van der Waals surface area (Å²) >= 11 is 1.21. The van der Waals surface area contributed by atoms with Gasteiger partial charge >= 0.3 is 5.88 Å². The highest BCUT2D eigenvalue weighted by molar-refractivity contribution is 8.00. The second kappa shape index (κ2) is 11.4. The maximum Gasteiger partial charge on any atom is 0.302 e. The van der Waals surface area contributed by atoms with E-state index in [2.05, 4.69) is 16.7 Å². The van der Waals surface area contributed by atoms with Gasteiger partial charge in [-0.2, -0.15) is 5.26 Å². The standard InChI is InChI=1S/C26H23N5O3S/c1-18-8-10-19(11-9-18)21-14-23(20-6-4-3-5-7-20)28-26(22(21)15-27)35-17-24(32)29-25-16-31(30-34-25)12-13-33-2/h3-11,14,16H,12-13,17H2,1-2H3/p+1. The molecule has 0 aliphatic rings. The average molecular weight is 487 g/mol. The minimum Gasteiger partial charge on any atom is -0.378 e. The van der Waals surface area contributed by atoms with Crippen LogP contribution in [-0.2, 0) is 16.1 Å². The Morgan fingerprint density at radius 3 is 2.66 bits per heavy atom. The fourth-order valence-corrected chi connectivity index (χ4v) is 4.19. The molecule has 0 saturated heterocycles. The highest BCUT2D eigenvalue weighted by atomic mass is 32.2. The number of aromatic nitrogens is 3. The summed E-state index contributed by atoms with van der Waals surface area (Å²) in [4.78, 5) is 17.3. The zero-order chi connectivity index (χ0) is 24.6. The Balaban J connectivity index is 1.60. The van der Waals surface area contributed by atoms with Crippen LogP contribution in [0.3, 0.4) is 0 Å². The van der Waals surface area contributed by atoms with Crippen LogP contribution in [0.5, 0.6) is 0 Å². The van der Waals surface area contributed by atoms with Crippen molar-refractivity contribution in [1.82, 2.24) is 10.3 Å². The molecule has 35 heavy (non-hydrogen) atoms. The van der Waals surface area contributed by atoms with Gasteiger partial charge < -0.3 is 4.74 Å². The van der Waals surface area contributed by atoms with E-state index in [0.717, 1.165) is 27.9 Å². The second-order valence-corrected chi connectivity index (χ2v) is 8.70. The zero-order valence-electron chi connectivity index (χ0n) is 19.4. The van der Waals surface area contributed by atoms with E-state index < -0.39 is 0 Å². The Morgan fingerprint density at radius 2 is 1.94 bits per heavy atom. The average Bonchev–Trinajstić information content (AvgIpc) is 3.33. The number of thioether (sulfide) groups is 1. The number of benzene rings is 2. The smallest absolute Gasteiger partial charge is 0.302 e. The van der Waals surface area contributed by atoms with Crippen molar-refractivity contribution in [3.05, 3.63) is 78.0 Å². The Hall–Kier alpha value is -4.00. The van der Waals surface area contributed by atoms with Gasteiger partial charge in [0, 0.05) is 18.2 Å². The number of anilines is 1. The van der Waals surface area contributed by atoms with Gasteiger partial charge in [-0.25, -0.2) is 4.98 Å². The van der Waals surface area contributed by atoms with E-state index in [-0.39, 0.29) is 17.5 Å². The first kappa shape index (κ1) is 24.1. The maximum absolute atomic E-state index is 12.6. The van der Waals surface area contributed by atoms with Crippen LogP contribution < -0.4 is 10.00 Å². The largest absolute Gasteiger partial charge is 0.378 e. The van der Waals surface area contributed by atoms with E-state index >= 15 is 0 Å². The van der Waals surface area contributed by atoms with Crippen molar-refractivity contribution < 1.29 is 18.7 Å². The van der Waals surface area contributed by atoms with Crippen LogP contribution in [0.2, 0.25) is 0 Å². The molecule has 0 fully saturated rings. The third-order valence-corrected chi connectivity index (χ3v) is 6.14. The van der Waals surface area contributed by atoms with Gasteiger partial charge in [0.15, 0.2) is 0 Å². The third kappa shape index (κ3) is 6.12. The molecule has 0 saturated carbocycles. The number of ether oxygens (including phenoxy) is 1. The van der Waals surface area contributed by atoms with Crippen molar-refractivity contribution in [3.63, 3.8) is 0 Å². The molecule has 9 heteroatoms. The van der Waals surface area contributed by atoms with Crippen molar-refractivity contribution in [1.29, 1.82) is 5.26 Å². The predicted molar refractivity (Wildman–Crippen MR) is 132 cm³/mol. The Kier molecular flexibility index (Phi) is 7.88. The molecule has 0 radical (unpaired) electrons. The first-order valence-corrected chi connectivity index (χ1v) is 11.9. The number of carbonyl (C=O) groups excluding carboxylic acids is 1.